The molecule has 0 aromatic rings. The lowest BCUT2D eigenvalue weighted by Crippen LogP contribution is -2.39. The van der Waals surface area contributed by atoms with E-state index in [0.29, 0.717) is 12.1 Å². The molecule has 0 aromatic heterocycles. The SMILES string of the molecule is CCCN[C@@H](C)CNC(C)C. The third-order valence-corrected chi connectivity index (χ3v) is 1.58. The van der Waals surface area contributed by atoms with Gasteiger partial charge < -0.3 is 10.6 Å². The minimum atomic E-state index is 0.595. The first-order chi connectivity index (χ1) is 5.16. The van der Waals surface area contributed by atoms with Crippen molar-refractivity contribution in [2.24, 2.45) is 0 Å². The van der Waals surface area contributed by atoms with Gasteiger partial charge in [0, 0.05) is 18.6 Å². The fourth-order valence-electron chi connectivity index (χ4n) is 0.875. The van der Waals surface area contributed by atoms with E-state index >= 15 is 0 Å². The molecule has 0 radical (unpaired) electrons. The minimum Gasteiger partial charge on any atom is -0.313 e. The van der Waals surface area contributed by atoms with Gasteiger partial charge in [0.15, 0.2) is 0 Å². The molecule has 0 saturated carbocycles. The zero-order chi connectivity index (χ0) is 8.69. The van der Waals surface area contributed by atoms with Crippen molar-refractivity contribution in [3.05, 3.63) is 0 Å². The van der Waals surface area contributed by atoms with Gasteiger partial charge in [0.25, 0.3) is 0 Å². The van der Waals surface area contributed by atoms with Crippen molar-refractivity contribution in [1.82, 2.24) is 10.6 Å². The normalized spacial score (nSPS) is 13.9. The molecular weight excluding hydrogens is 136 g/mol. The first-order valence-electron chi connectivity index (χ1n) is 4.63. The van der Waals surface area contributed by atoms with E-state index in [4.69, 9.17) is 0 Å². The van der Waals surface area contributed by atoms with Crippen molar-refractivity contribution >= 4 is 0 Å². The number of nitrogens with one attached hydrogen (secondary N) is 2. The monoisotopic (exact) mass is 158 g/mol. The molecule has 0 bridgehead atoms. The highest BCUT2D eigenvalue weighted by Crippen LogP contribution is 1.82. The van der Waals surface area contributed by atoms with Crippen LogP contribution in [0.5, 0.6) is 0 Å². The van der Waals surface area contributed by atoms with Crippen LogP contribution < -0.4 is 10.6 Å². The van der Waals surface area contributed by atoms with E-state index in [-0.39, 0.29) is 0 Å². The third-order valence-electron chi connectivity index (χ3n) is 1.58. The summed E-state index contributed by atoms with van der Waals surface area (Å²) in [4.78, 5) is 0. The second-order valence-corrected chi connectivity index (χ2v) is 3.42. The Hall–Kier alpha value is -0.0800. The van der Waals surface area contributed by atoms with Gasteiger partial charge in [-0.3, -0.25) is 0 Å². The Morgan fingerprint density at radius 2 is 1.73 bits per heavy atom. The predicted molar refractivity (Wildman–Crippen MR) is 50.9 cm³/mol. The van der Waals surface area contributed by atoms with Crippen LogP contribution in [0.25, 0.3) is 0 Å². The highest BCUT2D eigenvalue weighted by atomic mass is 15.0. The van der Waals surface area contributed by atoms with Gasteiger partial charge >= 0.3 is 0 Å². The molecule has 11 heavy (non-hydrogen) atoms. The fourth-order valence-corrected chi connectivity index (χ4v) is 0.875. The smallest absolute Gasteiger partial charge is 0.0164 e. The molecule has 0 unspecified atom stereocenters. The summed E-state index contributed by atoms with van der Waals surface area (Å²) >= 11 is 0. The van der Waals surface area contributed by atoms with Crippen LogP contribution in [0.3, 0.4) is 0 Å². The molecule has 2 N–H and O–H groups in total. The van der Waals surface area contributed by atoms with E-state index in [1.54, 1.807) is 0 Å². The maximum Gasteiger partial charge on any atom is 0.0164 e. The van der Waals surface area contributed by atoms with Gasteiger partial charge in [-0.25, -0.2) is 0 Å². The Morgan fingerprint density at radius 1 is 1.09 bits per heavy atom. The summed E-state index contributed by atoms with van der Waals surface area (Å²) in [5, 5.41) is 6.82. The van der Waals surface area contributed by atoms with Gasteiger partial charge in [-0.1, -0.05) is 20.8 Å². The van der Waals surface area contributed by atoms with E-state index in [2.05, 4.69) is 38.3 Å². The summed E-state index contributed by atoms with van der Waals surface area (Å²) in [6, 6.07) is 1.19. The molecule has 2 nitrogen and oxygen atoms in total. The number of rotatable bonds is 6. The van der Waals surface area contributed by atoms with Gasteiger partial charge in [0.1, 0.15) is 0 Å². The van der Waals surface area contributed by atoms with Crippen molar-refractivity contribution in [2.45, 2.75) is 46.2 Å². The molecule has 0 heterocycles. The van der Waals surface area contributed by atoms with Gasteiger partial charge in [-0.05, 0) is 19.9 Å². The van der Waals surface area contributed by atoms with Gasteiger partial charge in [-0.2, -0.15) is 0 Å². The number of hydrogen-bond acceptors (Lipinski definition) is 2. The summed E-state index contributed by atoms with van der Waals surface area (Å²) in [5.41, 5.74) is 0. The molecular formula is C9H22N2. The van der Waals surface area contributed by atoms with Gasteiger partial charge in [-0.15, -0.1) is 0 Å². The van der Waals surface area contributed by atoms with E-state index in [1.807, 2.05) is 0 Å². The van der Waals surface area contributed by atoms with Crippen LogP contribution in [0.2, 0.25) is 0 Å². The predicted octanol–water partition coefficient (Wildman–Crippen LogP) is 1.37. The van der Waals surface area contributed by atoms with Crippen LogP contribution >= 0.6 is 0 Å². The van der Waals surface area contributed by atoms with Gasteiger partial charge in [0.05, 0.1) is 0 Å². The van der Waals surface area contributed by atoms with E-state index in [0.717, 1.165) is 13.1 Å². The molecule has 0 aliphatic heterocycles. The Morgan fingerprint density at radius 3 is 2.18 bits per heavy atom. The van der Waals surface area contributed by atoms with Crippen LogP contribution in [-0.2, 0) is 0 Å². The molecule has 0 amide bonds. The highest BCUT2D eigenvalue weighted by Gasteiger charge is 1.99. The van der Waals surface area contributed by atoms with Crippen LogP contribution in [-0.4, -0.2) is 25.2 Å². The molecule has 0 aliphatic rings. The molecule has 2 heteroatoms. The zero-order valence-corrected chi connectivity index (χ0v) is 8.28. The summed E-state index contributed by atoms with van der Waals surface area (Å²) in [7, 11) is 0. The highest BCUT2D eigenvalue weighted by molar-refractivity contribution is 4.64. The lowest BCUT2D eigenvalue weighted by atomic mass is 10.3. The molecule has 0 spiro atoms. The van der Waals surface area contributed by atoms with E-state index in [1.165, 1.54) is 6.42 Å². The van der Waals surface area contributed by atoms with Crippen LogP contribution in [0.1, 0.15) is 34.1 Å². The van der Waals surface area contributed by atoms with Crippen molar-refractivity contribution in [1.29, 1.82) is 0 Å². The molecule has 0 fully saturated rings. The van der Waals surface area contributed by atoms with Gasteiger partial charge in [0.2, 0.25) is 0 Å². The summed E-state index contributed by atoms with van der Waals surface area (Å²) in [6.45, 7) is 10.9. The molecule has 68 valence electrons. The van der Waals surface area contributed by atoms with E-state index in [9.17, 15) is 0 Å². The fraction of sp³-hybridized carbons (Fsp3) is 1.00. The Bertz CT molecular complexity index is 81.6. The Balaban J connectivity index is 3.15. The van der Waals surface area contributed by atoms with Crippen molar-refractivity contribution in [2.75, 3.05) is 13.1 Å². The second-order valence-electron chi connectivity index (χ2n) is 3.42. The average Bonchev–Trinajstić information content (AvgIpc) is 1.97. The average molecular weight is 158 g/mol. The number of hydrogen-bond donors (Lipinski definition) is 2. The first-order valence-corrected chi connectivity index (χ1v) is 4.63. The van der Waals surface area contributed by atoms with E-state index < -0.39 is 0 Å². The van der Waals surface area contributed by atoms with Crippen LogP contribution in [0.15, 0.2) is 0 Å². The lowest BCUT2D eigenvalue weighted by Gasteiger charge is -2.15. The molecule has 0 aliphatic carbocycles. The third kappa shape index (κ3) is 7.82. The lowest BCUT2D eigenvalue weighted by molar-refractivity contribution is 0.474. The zero-order valence-electron chi connectivity index (χ0n) is 8.28. The summed E-state index contributed by atoms with van der Waals surface area (Å²) < 4.78 is 0. The minimum absolute atomic E-state index is 0.595. The Kier molecular flexibility index (Phi) is 6.57. The maximum atomic E-state index is 3.43. The summed E-state index contributed by atoms with van der Waals surface area (Å²) in [6.07, 6.45) is 1.21. The second kappa shape index (κ2) is 6.62. The largest absolute Gasteiger partial charge is 0.313 e. The van der Waals surface area contributed by atoms with Crippen LogP contribution in [0.4, 0.5) is 0 Å². The van der Waals surface area contributed by atoms with Crippen molar-refractivity contribution in [3.8, 4) is 0 Å². The maximum absolute atomic E-state index is 3.43. The first kappa shape index (κ1) is 10.9. The molecule has 0 rings (SSSR count). The standard InChI is InChI=1S/C9H22N2/c1-5-6-10-9(4)7-11-8(2)3/h8-11H,5-7H2,1-4H3/t9-/m0/s1. The quantitative estimate of drug-likeness (QED) is 0.610. The van der Waals surface area contributed by atoms with Crippen molar-refractivity contribution in [3.63, 3.8) is 0 Å². The Labute approximate surface area is 70.8 Å². The topological polar surface area (TPSA) is 24.1 Å². The molecule has 0 aromatic carbocycles. The summed E-state index contributed by atoms with van der Waals surface area (Å²) in [5.74, 6) is 0. The van der Waals surface area contributed by atoms with Crippen molar-refractivity contribution < 1.29 is 0 Å². The molecule has 0 saturated heterocycles. The molecule has 1 atom stereocenters. The van der Waals surface area contributed by atoms with Crippen LogP contribution in [0, 0.1) is 0 Å².